The van der Waals surface area contributed by atoms with Crippen molar-refractivity contribution in [1.29, 1.82) is 0 Å². The van der Waals surface area contributed by atoms with Gasteiger partial charge in [0, 0.05) is 21.4 Å². The summed E-state index contributed by atoms with van der Waals surface area (Å²) < 4.78 is 47.7. The number of hydrogen-bond donors (Lipinski definition) is 1. The lowest BCUT2D eigenvalue weighted by Gasteiger charge is -2.35. The summed E-state index contributed by atoms with van der Waals surface area (Å²) in [6.07, 6.45) is -0.491. The second kappa shape index (κ2) is 7.92. The van der Waals surface area contributed by atoms with Gasteiger partial charge in [-0.15, -0.1) is 4.72 Å². The molecule has 23 heavy (non-hydrogen) atoms. The van der Waals surface area contributed by atoms with Crippen molar-refractivity contribution >= 4 is 33.3 Å². The van der Waals surface area contributed by atoms with E-state index in [1.165, 1.54) is 12.1 Å². The Morgan fingerprint density at radius 3 is 2.52 bits per heavy atom. The number of esters is 1. The molecule has 1 aromatic carbocycles. The molecule has 4 nitrogen and oxygen atoms in total. The topological polar surface area (TPSA) is 61.4 Å². The molecule has 1 rings (SSSR count). The van der Waals surface area contributed by atoms with Crippen LogP contribution >= 0.6 is 15.9 Å². The molecule has 0 fully saturated rings. The number of nitrogens with one attached hydrogen (secondary N) is 1. The van der Waals surface area contributed by atoms with Crippen LogP contribution in [-0.4, -0.2) is 29.1 Å². The summed E-state index contributed by atoms with van der Waals surface area (Å²) in [5, 5.41) is 0. The van der Waals surface area contributed by atoms with Crippen LogP contribution in [0.4, 0.5) is 8.78 Å². The molecule has 8 heteroatoms. The highest BCUT2D eigenvalue weighted by molar-refractivity contribution is 9.10. The molecule has 0 aliphatic carbocycles. The number of methoxy groups -OCH3 is 1. The second-order valence-electron chi connectivity index (χ2n) is 6.08. The first kappa shape index (κ1) is 20.3. The fourth-order valence-electron chi connectivity index (χ4n) is 1.85. The molecule has 0 amide bonds. The van der Waals surface area contributed by atoms with Gasteiger partial charge in [-0.3, -0.25) is 4.79 Å². The molecule has 0 spiro atoms. The largest absolute Gasteiger partial charge is 0.598 e. The lowest BCUT2D eigenvalue weighted by molar-refractivity contribution is -0.142. The smallest absolute Gasteiger partial charge is 0.308 e. The third-order valence-corrected chi connectivity index (χ3v) is 5.37. The molecule has 0 aliphatic rings. The van der Waals surface area contributed by atoms with Crippen molar-refractivity contribution in [1.82, 2.24) is 4.72 Å². The summed E-state index contributed by atoms with van der Waals surface area (Å²) in [5.74, 6) is -1.44. The summed E-state index contributed by atoms with van der Waals surface area (Å²) in [5.41, 5.74) is -1.86. The van der Waals surface area contributed by atoms with Crippen molar-refractivity contribution in [2.45, 2.75) is 37.5 Å². The van der Waals surface area contributed by atoms with Gasteiger partial charge in [0.15, 0.2) is 0 Å². The normalized spacial score (nSPS) is 15.8. The molecular weight excluding hydrogens is 392 g/mol. The van der Waals surface area contributed by atoms with Gasteiger partial charge in [0.25, 0.3) is 0 Å². The lowest BCUT2D eigenvalue weighted by Crippen LogP contribution is -2.54. The van der Waals surface area contributed by atoms with Crippen LogP contribution in [0, 0.1) is 5.82 Å². The standard InChI is InChI=1S/C15H20BrF2NO3S/c1-14(2,3)23(21)19-15(9-17,8-13(20)22-4)11-7-10(16)5-6-12(11)18/h5-7,19H,8-9H2,1-4H3/t15?,23-/m1/s1. The fraction of sp³-hybridized carbons (Fsp3) is 0.533. The van der Waals surface area contributed by atoms with Crippen molar-refractivity contribution in [3.63, 3.8) is 0 Å². The molecular formula is C15H20BrF2NO3S. The van der Waals surface area contributed by atoms with Crippen LogP contribution < -0.4 is 4.72 Å². The minimum Gasteiger partial charge on any atom is -0.598 e. The Labute approximate surface area is 146 Å². The van der Waals surface area contributed by atoms with E-state index < -0.39 is 46.5 Å². The van der Waals surface area contributed by atoms with Crippen LogP contribution in [-0.2, 0) is 26.4 Å². The lowest BCUT2D eigenvalue weighted by atomic mass is 9.88. The highest BCUT2D eigenvalue weighted by Gasteiger charge is 2.44. The van der Waals surface area contributed by atoms with Gasteiger partial charge in [0.2, 0.25) is 0 Å². The Bertz CT molecular complexity index is 568. The fourth-order valence-corrected chi connectivity index (χ4v) is 3.10. The van der Waals surface area contributed by atoms with E-state index in [9.17, 15) is 18.1 Å². The first-order valence-corrected chi connectivity index (χ1v) is 8.78. The third kappa shape index (κ3) is 5.14. The molecule has 1 N–H and O–H groups in total. The van der Waals surface area contributed by atoms with E-state index in [0.29, 0.717) is 4.47 Å². The molecule has 0 aliphatic heterocycles. The Balaban J connectivity index is 3.39. The summed E-state index contributed by atoms with van der Waals surface area (Å²) in [7, 11) is 1.16. The number of hydrogen-bond acceptors (Lipinski definition) is 4. The number of carbonyl (C=O) groups is 1. The van der Waals surface area contributed by atoms with Crippen molar-refractivity contribution in [3.05, 3.63) is 34.1 Å². The van der Waals surface area contributed by atoms with E-state index in [1.54, 1.807) is 20.8 Å². The molecule has 0 heterocycles. The van der Waals surface area contributed by atoms with Crippen molar-refractivity contribution < 1.29 is 22.9 Å². The zero-order chi connectivity index (χ0) is 17.8. The minimum absolute atomic E-state index is 0.0858. The van der Waals surface area contributed by atoms with Crippen molar-refractivity contribution in [2.75, 3.05) is 13.8 Å². The molecule has 0 bridgehead atoms. The van der Waals surface area contributed by atoms with Crippen molar-refractivity contribution in [3.8, 4) is 0 Å². The number of halogens is 3. The van der Waals surface area contributed by atoms with Crippen LogP contribution in [0.15, 0.2) is 22.7 Å². The number of rotatable bonds is 6. The molecule has 0 saturated carbocycles. The maximum atomic E-state index is 14.3. The van der Waals surface area contributed by atoms with Crippen LogP contribution in [0.1, 0.15) is 32.8 Å². The molecule has 130 valence electrons. The third-order valence-electron chi connectivity index (χ3n) is 3.19. The van der Waals surface area contributed by atoms with Gasteiger partial charge < -0.3 is 9.29 Å². The number of alkyl halides is 1. The minimum atomic E-state index is -1.78. The SMILES string of the molecule is COC(=O)CC(CF)(N[S@+]([O-])C(C)(C)C)c1cc(Br)ccc1F. The molecule has 0 saturated heterocycles. The van der Waals surface area contributed by atoms with Crippen molar-refractivity contribution in [2.24, 2.45) is 0 Å². The maximum Gasteiger partial charge on any atom is 0.308 e. The van der Waals surface area contributed by atoms with Gasteiger partial charge in [0.1, 0.15) is 22.8 Å². The van der Waals surface area contributed by atoms with Gasteiger partial charge >= 0.3 is 5.97 Å². The van der Waals surface area contributed by atoms with E-state index in [1.807, 2.05) is 0 Å². The summed E-state index contributed by atoms with van der Waals surface area (Å²) in [6, 6.07) is 3.98. The Kier molecular flexibility index (Phi) is 7.00. The first-order valence-electron chi connectivity index (χ1n) is 6.84. The van der Waals surface area contributed by atoms with Crippen LogP contribution in [0.5, 0.6) is 0 Å². The Morgan fingerprint density at radius 1 is 1.43 bits per heavy atom. The number of carbonyl (C=O) groups excluding carboxylic acids is 1. The molecule has 1 unspecified atom stereocenters. The second-order valence-corrected chi connectivity index (χ2v) is 8.96. The Morgan fingerprint density at radius 2 is 2.04 bits per heavy atom. The highest BCUT2D eigenvalue weighted by atomic mass is 79.9. The highest BCUT2D eigenvalue weighted by Crippen LogP contribution is 2.33. The van der Waals surface area contributed by atoms with Gasteiger partial charge in [0.05, 0.1) is 13.5 Å². The van der Waals surface area contributed by atoms with Crippen LogP contribution in [0.25, 0.3) is 0 Å². The monoisotopic (exact) mass is 411 g/mol. The van der Waals surface area contributed by atoms with Crippen LogP contribution in [0.2, 0.25) is 0 Å². The van der Waals surface area contributed by atoms with Gasteiger partial charge in [-0.2, -0.15) is 0 Å². The Hall–Kier alpha value is -0.700. The van der Waals surface area contributed by atoms with E-state index >= 15 is 0 Å². The number of ether oxygens (including phenoxy) is 1. The molecule has 1 aromatic rings. The molecule has 0 aromatic heterocycles. The molecule has 2 atom stereocenters. The first-order chi connectivity index (χ1) is 10.6. The zero-order valence-electron chi connectivity index (χ0n) is 13.4. The van der Waals surface area contributed by atoms with E-state index in [4.69, 9.17) is 0 Å². The zero-order valence-corrected chi connectivity index (χ0v) is 15.8. The van der Waals surface area contributed by atoms with Crippen LogP contribution in [0.3, 0.4) is 0 Å². The number of benzene rings is 1. The van der Waals surface area contributed by atoms with E-state index in [2.05, 4.69) is 25.4 Å². The average molecular weight is 412 g/mol. The van der Waals surface area contributed by atoms with E-state index in [-0.39, 0.29) is 5.56 Å². The summed E-state index contributed by atoms with van der Waals surface area (Å²) in [4.78, 5) is 11.7. The molecule has 0 radical (unpaired) electrons. The summed E-state index contributed by atoms with van der Waals surface area (Å²) in [6.45, 7) is 3.94. The van der Waals surface area contributed by atoms with Gasteiger partial charge in [-0.25, -0.2) is 8.78 Å². The average Bonchev–Trinajstić information content (AvgIpc) is 2.47. The predicted octanol–water partition coefficient (Wildman–Crippen LogP) is 3.37. The predicted molar refractivity (Wildman–Crippen MR) is 89.4 cm³/mol. The maximum absolute atomic E-state index is 14.3. The van der Waals surface area contributed by atoms with Gasteiger partial charge in [-0.05, 0) is 39.0 Å². The summed E-state index contributed by atoms with van der Waals surface area (Å²) >= 11 is 1.48. The van der Waals surface area contributed by atoms with Gasteiger partial charge in [-0.1, -0.05) is 15.9 Å². The van der Waals surface area contributed by atoms with E-state index in [0.717, 1.165) is 13.2 Å². The quantitative estimate of drug-likeness (QED) is 0.575.